The van der Waals surface area contributed by atoms with E-state index in [1.165, 1.54) is 0 Å². The van der Waals surface area contributed by atoms with Crippen molar-refractivity contribution >= 4 is 5.91 Å². The predicted molar refractivity (Wildman–Crippen MR) is 64.4 cm³/mol. The summed E-state index contributed by atoms with van der Waals surface area (Å²) in [7, 11) is 0. The van der Waals surface area contributed by atoms with Crippen molar-refractivity contribution in [2.75, 3.05) is 19.8 Å². The van der Waals surface area contributed by atoms with Crippen molar-refractivity contribution in [3.63, 3.8) is 0 Å². The van der Waals surface area contributed by atoms with Crippen molar-refractivity contribution in [2.45, 2.75) is 51.6 Å². The van der Waals surface area contributed by atoms with E-state index in [2.05, 4.69) is 17.6 Å². The van der Waals surface area contributed by atoms with E-state index in [9.17, 15) is 4.79 Å². The lowest BCUT2D eigenvalue weighted by molar-refractivity contribution is -0.122. The van der Waals surface area contributed by atoms with Gasteiger partial charge in [-0.3, -0.25) is 4.79 Å². The molecule has 1 fully saturated rings. The second-order valence-corrected chi connectivity index (χ2v) is 4.36. The van der Waals surface area contributed by atoms with Gasteiger partial charge in [0.05, 0.1) is 0 Å². The van der Waals surface area contributed by atoms with Crippen LogP contribution in [0.1, 0.15) is 39.5 Å². The van der Waals surface area contributed by atoms with Crippen LogP contribution >= 0.6 is 0 Å². The highest BCUT2D eigenvalue weighted by atomic mass is 16.5. The van der Waals surface area contributed by atoms with Gasteiger partial charge in [-0.1, -0.05) is 0 Å². The van der Waals surface area contributed by atoms with Gasteiger partial charge in [0, 0.05) is 31.7 Å². The number of rotatable bonds is 6. The fourth-order valence-corrected chi connectivity index (χ4v) is 2.00. The Morgan fingerprint density at radius 1 is 1.56 bits per heavy atom. The van der Waals surface area contributed by atoms with Crippen molar-refractivity contribution in [1.29, 1.82) is 0 Å². The molecule has 4 heteroatoms. The van der Waals surface area contributed by atoms with Crippen molar-refractivity contribution in [1.82, 2.24) is 10.6 Å². The van der Waals surface area contributed by atoms with Crippen LogP contribution < -0.4 is 10.6 Å². The zero-order valence-corrected chi connectivity index (χ0v) is 10.4. The van der Waals surface area contributed by atoms with E-state index in [0.717, 1.165) is 32.4 Å². The summed E-state index contributed by atoms with van der Waals surface area (Å²) >= 11 is 0. The van der Waals surface area contributed by atoms with Crippen LogP contribution in [0.3, 0.4) is 0 Å². The minimum Gasteiger partial charge on any atom is -0.382 e. The van der Waals surface area contributed by atoms with Gasteiger partial charge < -0.3 is 15.4 Å². The number of carbonyl (C=O) groups is 1. The Morgan fingerprint density at radius 3 is 3.06 bits per heavy atom. The lowest BCUT2D eigenvalue weighted by Crippen LogP contribution is -2.51. The quantitative estimate of drug-likeness (QED) is 0.668. The third kappa shape index (κ3) is 4.94. The van der Waals surface area contributed by atoms with Crippen LogP contribution in [0.4, 0.5) is 0 Å². The molecule has 1 aliphatic rings. The maximum absolute atomic E-state index is 11.6. The highest BCUT2D eigenvalue weighted by Crippen LogP contribution is 2.08. The molecule has 0 radical (unpaired) electrons. The largest absolute Gasteiger partial charge is 0.382 e. The third-order valence-electron chi connectivity index (χ3n) is 3.00. The summed E-state index contributed by atoms with van der Waals surface area (Å²) in [6, 6.07) is 0.693. The van der Waals surface area contributed by atoms with E-state index < -0.39 is 0 Å². The highest BCUT2D eigenvalue weighted by molar-refractivity contribution is 5.76. The van der Waals surface area contributed by atoms with Gasteiger partial charge in [-0.15, -0.1) is 0 Å². The number of nitrogens with one attached hydrogen (secondary N) is 2. The molecule has 1 aliphatic heterocycles. The Labute approximate surface area is 98.1 Å². The van der Waals surface area contributed by atoms with Crippen molar-refractivity contribution in [3.8, 4) is 0 Å². The van der Waals surface area contributed by atoms with Crippen LogP contribution in [0.2, 0.25) is 0 Å². The van der Waals surface area contributed by atoms with E-state index in [-0.39, 0.29) is 5.91 Å². The summed E-state index contributed by atoms with van der Waals surface area (Å²) < 4.78 is 5.20. The Balaban J connectivity index is 2.12. The monoisotopic (exact) mass is 228 g/mol. The Kier molecular flexibility index (Phi) is 6.42. The standard InChI is InChI=1S/C12H24N2O2/c1-3-16-9-5-7-12(15)14-11-6-4-8-13-10(11)2/h10-11,13H,3-9H2,1-2H3,(H,14,15). The lowest BCUT2D eigenvalue weighted by atomic mass is 10.00. The molecule has 0 aromatic rings. The maximum atomic E-state index is 11.6. The molecular weight excluding hydrogens is 204 g/mol. The van der Waals surface area contributed by atoms with Crippen molar-refractivity contribution in [2.24, 2.45) is 0 Å². The summed E-state index contributed by atoms with van der Waals surface area (Å²) in [5, 5.41) is 6.46. The first kappa shape index (κ1) is 13.5. The van der Waals surface area contributed by atoms with Crippen LogP contribution in [0.25, 0.3) is 0 Å². The molecule has 4 nitrogen and oxygen atoms in total. The summed E-state index contributed by atoms with van der Waals surface area (Å²) in [5.41, 5.74) is 0. The Hall–Kier alpha value is -0.610. The molecule has 0 aromatic heterocycles. The summed E-state index contributed by atoms with van der Waals surface area (Å²) in [6.07, 6.45) is 3.62. The van der Waals surface area contributed by atoms with Crippen LogP contribution in [0, 0.1) is 0 Å². The van der Waals surface area contributed by atoms with Crippen LogP contribution in [0.15, 0.2) is 0 Å². The van der Waals surface area contributed by atoms with Crippen LogP contribution in [-0.2, 0) is 9.53 Å². The zero-order valence-electron chi connectivity index (χ0n) is 10.4. The van der Waals surface area contributed by atoms with Crippen LogP contribution in [0.5, 0.6) is 0 Å². The maximum Gasteiger partial charge on any atom is 0.220 e. The van der Waals surface area contributed by atoms with Gasteiger partial charge in [-0.25, -0.2) is 0 Å². The topological polar surface area (TPSA) is 50.4 Å². The second kappa shape index (κ2) is 7.63. The molecule has 2 unspecified atom stereocenters. The number of amides is 1. The molecule has 0 saturated carbocycles. The number of piperidine rings is 1. The van der Waals surface area contributed by atoms with E-state index in [1.807, 2.05) is 6.92 Å². The summed E-state index contributed by atoms with van der Waals surface area (Å²) in [6.45, 7) is 6.57. The second-order valence-electron chi connectivity index (χ2n) is 4.36. The minimum absolute atomic E-state index is 0.153. The number of carbonyl (C=O) groups excluding carboxylic acids is 1. The molecule has 1 amide bonds. The molecule has 2 atom stereocenters. The first-order valence-corrected chi connectivity index (χ1v) is 6.34. The average molecular weight is 228 g/mol. The predicted octanol–water partition coefficient (Wildman–Crippen LogP) is 1.06. The highest BCUT2D eigenvalue weighted by Gasteiger charge is 2.21. The number of ether oxygens (including phenoxy) is 1. The fourth-order valence-electron chi connectivity index (χ4n) is 2.00. The van der Waals surface area contributed by atoms with Gasteiger partial charge >= 0.3 is 0 Å². The fraction of sp³-hybridized carbons (Fsp3) is 0.917. The number of hydrogen-bond donors (Lipinski definition) is 2. The zero-order chi connectivity index (χ0) is 11.8. The van der Waals surface area contributed by atoms with Crippen molar-refractivity contribution < 1.29 is 9.53 Å². The van der Waals surface area contributed by atoms with Gasteiger partial charge in [0.15, 0.2) is 0 Å². The summed E-state index contributed by atoms with van der Waals surface area (Å²) in [4.78, 5) is 11.6. The summed E-state index contributed by atoms with van der Waals surface area (Å²) in [5.74, 6) is 0.153. The molecule has 16 heavy (non-hydrogen) atoms. The van der Waals surface area contributed by atoms with Gasteiger partial charge in [0.25, 0.3) is 0 Å². The molecule has 94 valence electrons. The normalized spacial score (nSPS) is 25.4. The Morgan fingerprint density at radius 2 is 2.38 bits per heavy atom. The van der Waals surface area contributed by atoms with Gasteiger partial charge in [-0.2, -0.15) is 0 Å². The van der Waals surface area contributed by atoms with Gasteiger partial charge in [-0.05, 0) is 39.7 Å². The molecule has 2 N–H and O–H groups in total. The minimum atomic E-state index is 0.153. The first-order valence-electron chi connectivity index (χ1n) is 6.34. The number of hydrogen-bond acceptors (Lipinski definition) is 3. The smallest absolute Gasteiger partial charge is 0.220 e. The van der Waals surface area contributed by atoms with E-state index >= 15 is 0 Å². The van der Waals surface area contributed by atoms with E-state index in [1.54, 1.807) is 0 Å². The molecule has 0 bridgehead atoms. The molecule has 1 rings (SSSR count). The first-order chi connectivity index (χ1) is 7.74. The van der Waals surface area contributed by atoms with Gasteiger partial charge in [0.2, 0.25) is 5.91 Å². The van der Waals surface area contributed by atoms with Crippen molar-refractivity contribution in [3.05, 3.63) is 0 Å². The lowest BCUT2D eigenvalue weighted by Gasteiger charge is -2.30. The molecule has 1 saturated heterocycles. The SMILES string of the molecule is CCOCCCC(=O)NC1CCCNC1C. The molecule has 1 heterocycles. The van der Waals surface area contributed by atoms with Crippen LogP contribution in [-0.4, -0.2) is 37.7 Å². The molecular formula is C12H24N2O2. The Bertz CT molecular complexity index is 209. The molecule has 0 aromatic carbocycles. The molecule has 0 spiro atoms. The van der Waals surface area contributed by atoms with E-state index in [4.69, 9.17) is 4.74 Å². The van der Waals surface area contributed by atoms with Gasteiger partial charge in [0.1, 0.15) is 0 Å². The molecule has 0 aliphatic carbocycles. The van der Waals surface area contributed by atoms with E-state index in [0.29, 0.717) is 25.1 Å². The third-order valence-corrected chi connectivity index (χ3v) is 3.00. The average Bonchev–Trinajstić information content (AvgIpc) is 2.28.